The zero-order chi connectivity index (χ0) is 16.2. The van der Waals surface area contributed by atoms with Crippen molar-refractivity contribution in [3.63, 3.8) is 0 Å². The second-order valence-electron chi connectivity index (χ2n) is 5.88. The number of thiophene rings is 1. The third-order valence-electron chi connectivity index (χ3n) is 3.89. The maximum atomic E-state index is 12.1. The first-order valence-electron chi connectivity index (χ1n) is 8.00. The summed E-state index contributed by atoms with van der Waals surface area (Å²) in [6, 6.07) is 1.86. The molecule has 0 amide bonds. The smallest absolute Gasteiger partial charge is 0.307 e. The van der Waals surface area contributed by atoms with Gasteiger partial charge in [0.15, 0.2) is 0 Å². The molecule has 6 nitrogen and oxygen atoms in total. The maximum Gasteiger partial charge on any atom is 0.307 e. The Labute approximate surface area is 138 Å². The highest BCUT2D eigenvalue weighted by Crippen LogP contribution is 2.30. The van der Waals surface area contributed by atoms with Gasteiger partial charge in [-0.25, -0.2) is 4.98 Å². The number of carbonyl (C=O) groups excluding carboxylic acids is 1. The molecule has 1 saturated carbocycles. The first-order chi connectivity index (χ1) is 11.2. The lowest BCUT2D eigenvalue weighted by Gasteiger charge is -2.21. The van der Waals surface area contributed by atoms with E-state index in [0.717, 1.165) is 12.1 Å². The minimum Gasteiger partial charge on any atom is -0.466 e. The Morgan fingerprint density at radius 1 is 1.52 bits per heavy atom. The average Bonchev–Trinajstić information content (AvgIpc) is 3.19. The van der Waals surface area contributed by atoms with E-state index in [1.165, 1.54) is 24.2 Å². The molecule has 0 aromatic carbocycles. The number of fused-ring (bicyclic) bond motifs is 1. The molecule has 0 saturated heterocycles. The lowest BCUT2D eigenvalue weighted by Crippen LogP contribution is -2.30. The number of esters is 1. The summed E-state index contributed by atoms with van der Waals surface area (Å²) in [5.41, 5.74) is 0.655. The van der Waals surface area contributed by atoms with Crippen molar-refractivity contribution in [3.8, 4) is 0 Å². The van der Waals surface area contributed by atoms with Crippen LogP contribution in [0.5, 0.6) is 0 Å². The third-order valence-corrected chi connectivity index (χ3v) is 4.79. The van der Waals surface area contributed by atoms with E-state index in [0.29, 0.717) is 42.6 Å². The van der Waals surface area contributed by atoms with Gasteiger partial charge in [0.25, 0.3) is 5.56 Å². The highest BCUT2D eigenvalue weighted by Gasteiger charge is 2.25. The molecule has 124 valence electrons. The standard InChI is InChI=1S/C16H21N3O3S/c1-2-22-14(20)5-7-19(9-11-3-4-11)10-13-17-12-6-8-23-15(12)16(21)18-13/h6,8,11H,2-5,7,9-10H2,1H3,(H,17,18,21). The van der Waals surface area contributed by atoms with Crippen LogP contribution in [0.4, 0.5) is 0 Å². The number of rotatable bonds is 8. The van der Waals surface area contributed by atoms with Gasteiger partial charge in [-0.3, -0.25) is 14.5 Å². The van der Waals surface area contributed by atoms with Gasteiger partial charge in [-0.05, 0) is 37.1 Å². The topological polar surface area (TPSA) is 75.3 Å². The van der Waals surface area contributed by atoms with E-state index in [-0.39, 0.29) is 11.5 Å². The Bertz CT molecular complexity index is 735. The zero-order valence-corrected chi connectivity index (χ0v) is 14.0. The Balaban J connectivity index is 1.68. The van der Waals surface area contributed by atoms with Crippen LogP contribution >= 0.6 is 11.3 Å². The van der Waals surface area contributed by atoms with Crippen LogP contribution in [0.1, 0.15) is 32.0 Å². The van der Waals surface area contributed by atoms with Crippen molar-refractivity contribution < 1.29 is 9.53 Å². The predicted octanol–water partition coefficient (Wildman–Crippen LogP) is 2.15. The van der Waals surface area contributed by atoms with Gasteiger partial charge in [0.05, 0.1) is 25.1 Å². The first-order valence-corrected chi connectivity index (χ1v) is 8.88. The van der Waals surface area contributed by atoms with Crippen molar-refractivity contribution in [2.24, 2.45) is 5.92 Å². The average molecular weight is 335 g/mol. The zero-order valence-electron chi connectivity index (χ0n) is 13.2. The van der Waals surface area contributed by atoms with Crippen LogP contribution in [0.25, 0.3) is 10.2 Å². The Hall–Kier alpha value is -1.73. The van der Waals surface area contributed by atoms with E-state index >= 15 is 0 Å². The van der Waals surface area contributed by atoms with Crippen LogP contribution in [0.15, 0.2) is 16.2 Å². The first kappa shape index (κ1) is 16.1. The van der Waals surface area contributed by atoms with E-state index in [9.17, 15) is 9.59 Å². The van der Waals surface area contributed by atoms with Gasteiger partial charge in [0.1, 0.15) is 10.5 Å². The fourth-order valence-corrected chi connectivity index (χ4v) is 3.32. The molecule has 0 unspecified atom stereocenters. The summed E-state index contributed by atoms with van der Waals surface area (Å²) in [5, 5.41) is 1.87. The second kappa shape index (κ2) is 7.23. The molecule has 0 atom stereocenters. The molecule has 2 aromatic heterocycles. The van der Waals surface area contributed by atoms with Gasteiger partial charge < -0.3 is 9.72 Å². The van der Waals surface area contributed by atoms with Crippen molar-refractivity contribution in [3.05, 3.63) is 27.6 Å². The summed E-state index contributed by atoms with van der Waals surface area (Å²) >= 11 is 1.40. The van der Waals surface area contributed by atoms with Crippen LogP contribution in [-0.2, 0) is 16.1 Å². The number of carbonyl (C=O) groups is 1. The second-order valence-corrected chi connectivity index (χ2v) is 6.80. The number of hydrogen-bond donors (Lipinski definition) is 1. The fourth-order valence-electron chi connectivity index (χ4n) is 2.59. The molecule has 7 heteroatoms. The quantitative estimate of drug-likeness (QED) is 0.748. The molecule has 1 fully saturated rings. The molecule has 2 aromatic rings. The van der Waals surface area contributed by atoms with Crippen LogP contribution in [0.3, 0.4) is 0 Å². The van der Waals surface area contributed by atoms with Gasteiger partial charge in [0.2, 0.25) is 0 Å². The summed E-state index contributed by atoms with van der Waals surface area (Å²) in [4.78, 5) is 33.2. The number of nitrogens with one attached hydrogen (secondary N) is 1. The summed E-state index contributed by atoms with van der Waals surface area (Å²) in [6.07, 6.45) is 2.85. The van der Waals surface area contributed by atoms with E-state index in [1.54, 1.807) is 0 Å². The molecular formula is C16H21N3O3S. The van der Waals surface area contributed by atoms with Gasteiger partial charge in [-0.1, -0.05) is 0 Å². The summed E-state index contributed by atoms with van der Waals surface area (Å²) in [7, 11) is 0. The SMILES string of the molecule is CCOC(=O)CCN(Cc1nc2ccsc2c(=O)[nH]1)CC1CC1. The third kappa shape index (κ3) is 4.39. The minimum absolute atomic E-state index is 0.0863. The van der Waals surface area contributed by atoms with Gasteiger partial charge in [-0.15, -0.1) is 11.3 Å². The number of aromatic amines is 1. The fraction of sp³-hybridized carbons (Fsp3) is 0.562. The molecule has 1 aliphatic carbocycles. The lowest BCUT2D eigenvalue weighted by molar-refractivity contribution is -0.143. The van der Waals surface area contributed by atoms with Gasteiger partial charge in [-0.2, -0.15) is 0 Å². The number of nitrogens with zero attached hydrogens (tertiary/aromatic N) is 2. The molecule has 0 spiro atoms. The molecular weight excluding hydrogens is 314 g/mol. The molecule has 3 rings (SSSR count). The Morgan fingerprint density at radius 2 is 2.35 bits per heavy atom. The summed E-state index contributed by atoms with van der Waals surface area (Å²) in [6.45, 7) is 4.33. The van der Waals surface area contributed by atoms with Crippen molar-refractivity contribution in [2.45, 2.75) is 32.7 Å². The molecule has 0 bridgehead atoms. The predicted molar refractivity (Wildman–Crippen MR) is 89.5 cm³/mol. The molecule has 23 heavy (non-hydrogen) atoms. The molecule has 1 aliphatic rings. The van der Waals surface area contributed by atoms with Crippen molar-refractivity contribution in [1.29, 1.82) is 0 Å². The van der Waals surface area contributed by atoms with E-state index < -0.39 is 0 Å². The van der Waals surface area contributed by atoms with Crippen molar-refractivity contribution in [2.75, 3.05) is 19.7 Å². The lowest BCUT2D eigenvalue weighted by atomic mass is 10.3. The number of hydrogen-bond acceptors (Lipinski definition) is 6. The van der Waals surface area contributed by atoms with Crippen LogP contribution < -0.4 is 5.56 Å². The molecule has 2 heterocycles. The van der Waals surface area contributed by atoms with Gasteiger partial charge >= 0.3 is 5.97 Å². The minimum atomic E-state index is -0.178. The largest absolute Gasteiger partial charge is 0.466 e. The molecule has 0 aliphatic heterocycles. The molecule has 1 N–H and O–H groups in total. The van der Waals surface area contributed by atoms with Crippen molar-refractivity contribution in [1.82, 2.24) is 14.9 Å². The van der Waals surface area contributed by atoms with Crippen LogP contribution in [0, 0.1) is 5.92 Å². The number of aromatic nitrogens is 2. The van der Waals surface area contributed by atoms with Crippen molar-refractivity contribution >= 4 is 27.5 Å². The summed E-state index contributed by atoms with van der Waals surface area (Å²) < 4.78 is 5.65. The normalized spacial score (nSPS) is 14.5. The van der Waals surface area contributed by atoms with Crippen LogP contribution in [-0.4, -0.2) is 40.5 Å². The van der Waals surface area contributed by atoms with Gasteiger partial charge in [0, 0.05) is 13.1 Å². The highest BCUT2D eigenvalue weighted by molar-refractivity contribution is 7.17. The highest BCUT2D eigenvalue weighted by atomic mass is 32.1. The molecule has 0 radical (unpaired) electrons. The van der Waals surface area contributed by atoms with E-state index in [1.807, 2.05) is 18.4 Å². The number of ether oxygens (including phenoxy) is 1. The van der Waals surface area contributed by atoms with E-state index in [2.05, 4.69) is 14.9 Å². The Morgan fingerprint density at radius 3 is 3.09 bits per heavy atom. The van der Waals surface area contributed by atoms with E-state index in [4.69, 9.17) is 4.74 Å². The summed E-state index contributed by atoms with van der Waals surface area (Å²) in [5.74, 6) is 1.18. The number of H-pyrrole nitrogens is 1. The monoisotopic (exact) mass is 335 g/mol. The maximum absolute atomic E-state index is 12.1. The Kier molecular flexibility index (Phi) is 5.07. The van der Waals surface area contributed by atoms with Crippen LogP contribution in [0.2, 0.25) is 0 Å².